The Bertz CT molecular complexity index is 1020. The summed E-state index contributed by atoms with van der Waals surface area (Å²) in [4.78, 5) is 40.0. The van der Waals surface area contributed by atoms with E-state index in [2.05, 4.69) is 22.0 Å². The zero-order chi connectivity index (χ0) is 23.3. The number of rotatable bonds is 7. The zero-order valence-electron chi connectivity index (χ0n) is 18.0. The molecule has 0 aliphatic carbocycles. The highest BCUT2D eigenvalue weighted by Gasteiger charge is 2.22. The molecule has 2 aromatic carbocycles. The van der Waals surface area contributed by atoms with Crippen molar-refractivity contribution in [3.63, 3.8) is 0 Å². The molecule has 1 N–H and O–H groups in total. The van der Waals surface area contributed by atoms with Gasteiger partial charge in [0.1, 0.15) is 0 Å². The number of anilines is 2. The molecule has 32 heavy (non-hydrogen) atoms. The van der Waals surface area contributed by atoms with Crippen molar-refractivity contribution in [2.75, 3.05) is 49.5 Å². The van der Waals surface area contributed by atoms with E-state index < -0.39 is 16.8 Å². The van der Waals surface area contributed by atoms with Crippen LogP contribution in [0.25, 0.3) is 0 Å². The van der Waals surface area contributed by atoms with Crippen molar-refractivity contribution >= 4 is 40.5 Å². The maximum Gasteiger partial charge on any atom is 0.338 e. The highest BCUT2D eigenvalue weighted by Crippen LogP contribution is 2.30. The number of carbonyl (C=O) groups is 2. The number of piperazine rings is 1. The van der Waals surface area contributed by atoms with Crippen LogP contribution in [-0.4, -0.2) is 61.0 Å². The Morgan fingerprint density at radius 2 is 1.84 bits per heavy atom. The third-order valence-electron chi connectivity index (χ3n) is 5.32. The SMILES string of the molecule is CCOC(=O)c1ccc(N2CCN(CC)CC2)c(NC(=O)c2ccc([N+](=O)[O-])cc2Cl)c1. The number of nitrogens with zero attached hydrogens (tertiary/aromatic N) is 3. The summed E-state index contributed by atoms with van der Waals surface area (Å²) < 4.78 is 5.08. The van der Waals surface area contributed by atoms with Gasteiger partial charge in [-0.25, -0.2) is 4.79 Å². The number of nitrogens with one attached hydrogen (secondary N) is 1. The van der Waals surface area contributed by atoms with E-state index in [1.165, 1.54) is 12.1 Å². The van der Waals surface area contributed by atoms with Crippen molar-refractivity contribution in [3.8, 4) is 0 Å². The van der Waals surface area contributed by atoms with Crippen molar-refractivity contribution in [2.45, 2.75) is 13.8 Å². The average molecular weight is 461 g/mol. The molecule has 0 unspecified atom stereocenters. The molecule has 9 nitrogen and oxygen atoms in total. The molecule has 1 fully saturated rings. The monoisotopic (exact) mass is 460 g/mol. The van der Waals surface area contributed by atoms with E-state index in [4.69, 9.17) is 16.3 Å². The Morgan fingerprint density at radius 3 is 2.44 bits per heavy atom. The molecule has 0 radical (unpaired) electrons. The van der Waals surface area contributed by atoms with Gasteiger partial charge >= 0.3 is 5.97 Å². The fourth-order valence-electron chi connectivity index (χ4n) is 3.55. The minimum atomic E-state index is -0.579. The molecule has 0 atom stereocenters. The number of carbonyl (C=O) groups excluding carboxylic acids is 2. The third kappa shape index (κ3) is 5.35. The predicted molar refractivity (Wildman–Crippen MR) is 123 cm³/mol. The van der Waals surface area contributed by atoms with E-state index in [0.29, 0.717) is 11.3 Å². The first-order valence-corrected chi connectivity index (χ1v) is 10.8. The smallest absolute Gasteiger partial charge is 0.338 e. The zero-order valence-corrected chi connectivity index (χ0v) is 18.7. The van der Waals surface area contributed by atoms with E-state index >= 15 is 0 Å². The standard InChI is InChI=1S/C22H25ClN4O5/c1-3-25-9-11-26(12-10-25)20-8-5-15(22(29)32-4-2)13-19(20)24-21(28)17-7-6-16(27(30)31)14-18(17)23/h5-8,13-14H,3-4,9-12H2,1-2H3,(H,24,28). The summed E-state index contributed by atoms with van der Waals surface area (Å²) in [7, 11) is 0. The second-order valence-electron chi connectivity index (χ2n) is 7.25. The topological polar surface area (TPSA) is 105 Å². The number of nitro groups is 1. The third-order valence-corrected chi connectivity index (χ3v) is 5.64. The Morgan fingerprint density at radius 1 is 1.12 bits per heavy atom. The minimum absolute atomic E-state index is 0.0312. The van der Waals surface area contributed by atoms with Crippen molar-refractivity contribution in [2.24, 2.45) is 0 Å². The van der Waals surface area contributed by atoms with E-state index in [-0.39, 0.29) is 22.9 Å². The Labute approximate surface area is 191 Å². The van der Waals surface area contributed by atoms with Crippen LogP contribution in [0.2, 0.25) is 5.02 Å². The van der Waals surface area contributed by atoms with Crippen LogP contribution in [0, 0.1) is 10.1 Å². The summed E-state index contributed by atoms with van der Waals surface area (Å²) in [5, 5.41) is 13.7. The summed E-state index contributed by atoms with van der Waals surface area (Å²) in [6, 6.07) is 8.72. The molecule has 0 bridgehead atoms. The predicted octanol–water partition coefficient (Wildman–Crippen LogP) is 3.82. The van der Waals surface area contributed by atoms with Gasteiger partial charge in [0.2, 0.25) is 0 Å². The van der Waals surface area contributed by atoms with Gasteiger partial charge in [-0.05, 0) is 37.7 Å². The summed E-state index contributed by atoms with van der Waals surface area (Å²) >= 11 is 6.12. The molecule has 0 aromatic heterocycles. The molecule has 1 heterocycles. The highest BCUT2D eigenvalue weighted by atomic mass is 35.5. The number of hydrogen-bond donors (Lipinski definition) is 1. The lowest BCUT2D eigenvalue weighted by molar-refractivity contribution is -0.384. The number of ether oxygens (including phenoxy) is 1. The van der Waals surface area contributed by atoms with Gasteiger partial charge in [0, 0.05) is 38.3 Å². The fourth-order valence-corrected chi connectivity index (χ4v) is 3.81. The molecule has 1 amide bonds. The average Bonchev–Trinajstić information content (AvgIpc) is 2.79. The number of hydrogen-bond acceptors (Lipinski definition) is 7. The van der Waals surface area contributed by atoms with E-state index in [0.717, 1.165) is 44.5 Å². The van der Waals surface area contributed by atoms with Crippen LogP contribution >= 0.6 is 11.6 Å². The number of likely N-dealkylation sites (N-methyl/N-ethyl adjacent to an activating group) is 1. The number of benzene rings is 2. The Hall–Kier alpha value is -3.17. The first-order valence-electron chi connectivity index (χ1n) is 10.4. The van der Waals surface area contributed by atoms with Gasteiger partial charge in [0.05, 0.1) is 39.1 Å². The summed E-state index contributed by atoms with van der Waals surface area (Å²) in [5.74, 6) is -1.02. The van der Waals surface area contributed by atoms with Gasteiger partial charge in [-0.1, -0.05) is 18.5 Å². The summed E-state index contributed by atoms with van der Waals surface area (Å²) in [6.45, 7) is 8.36. The number of non-ortho nitro benzene ring substituents is 1. The highest BCUT2D eigenvalue weighted by molar-refractivity contribution is 6.34. The van der Waals surface area contributed by atoms with Crippen LogP contribution in [-0.2, 0) is 4.74 Å². The Balaban J connectivity index is 1.91. The lowest BCUT2D eigenvalue weighted by Crippen LogP contribution is -2.46. The van der Waals surface area contributed by atoms with Crippen LogP contribution in [0.15, 0.2) is 36.4 Å². The molecular weight excluding hydrogens is 436 g/mol. The second-order valence-corrected chi connectivity index (χ2v) is 7.66. The normalized spacial score (nSPS) is 14.2. The van der Waals surface area contributed by atoms with Gasteiger partial charge in [-0.3, -0.25) is 14.9 Å². The van der Waals surface area contributed by atoms with Crippen LogP contribution in [0.5, 0.6) is 0 Å². The Kier molecular flexibility index (Phi) is 7.66. The van der Waals surface area contributed by atoms with Crippen molar-refractivity contribution < 1.29 is 19.2 Å². The maximum atomic E-state index is 12.9. The largest absolute Gasteiger partial charge is 0.462 e. The molecule has 0 saturated carbocycles. The maximum absolute atomic E-state index is 12.9. The van der Waals surface area contributed by atoms with Gasteiger partial charge in [0.25, 0.3) is 11.6 Å². The molecule has 3 rings (SSSR count). The second kappa shape index (κ2) is 10.4. The molecule has 1 aliphatic rings. The first kappa shape index (κ1) is 23.5. The fraction of sp³-hybridized carbons (Fsp3) is 0.364. The lowest BCUT2D eigenvalue weighted by Gasteiger charge is -2.36. The van der Waals surface area contributed by atoms with Crippen molar-refractivity contribution in [3.05, 3.63) is 62.7 Å². The molecule has 1 aliphatic heterocycles. The van der Waals surface area contributed by atoms with Crippen LogP contribution in [0.1, 0.15) is 34.6 Å². The van der Waals surface area contributed by atoms with Gasteiger partial charge in [-0.2, -0.15) is 0 Å². The molecular formula is C22H25ClN4O5. The number of amides is 1. The molecule has 1 saturated heterocycles. The molecule has 0 spiro atoms. The number of nitro benzene ring substituents is 1. The molecule has 2 aromatic rings. The van der Waals surface area contributed by atoms with Crippen LogP contribution < -0.4 is 10.2 Å². The van der Waals surface area contributed by atoms with Crippen LogP contribution in [0.3, 0.4) is 0 Å². The van der Waals surface area contributed by atoms with Crippen molar-refractivity contribution in [1.82, 2.24) is 4.90 Å². The van der Waals surface area contributed by atoms with E-state index in [9.17, 15) is 19.7 Å². The number of esters is 1. The van der Waals surface area contributed by atoms with E-state index in [1.54, 1.807) is 25.1 Å². The first-order chi connectivity index (χ1) is 15.3. The minimum Gasteiger partial charge on any atom is -0.462 e. The summed E-state index contributed by atoms with van der Waals surface area (Å²) in [6.07, 6.45) is 0. The van der Waals surface area contributed by atoms with Crippen molar-refractivity contribution in [1.29, 1.82) is 0 Å². The summed E-state index contributed by atoms with van der Waals surface area (Å²) in [5.41, 5.74) is 1.43. The van der Waals surface area contributed by atoms with Crippen LogP contribution in [0.4, 0.5) is 17.1 Å². The quantitative estimate of drug-likeness (QED) is 0.380. The van der Waals surface area contributed by atoms with Gasteiger partial charge in [0.15, 0.2) is 0 Å². The van der Waals surface area contributed by atoms with E-state index in [1.807, 2.05) is 0 Å². The molecule has 10 heteroatoms. The lowest BCUT2D eigenvalue weighted by atomic mass is 10.1. The number of halogens is 1. The molecule has 170 valence electrons. The van der Waals surface area contributed by atoms with Gasteiger partial charge < -0.3 is 19.9 Å². The van der Waals surface area contributed by atoms with Gasteiger partial charge in [-0.15, -0.1) is 0 Å².